The van der Waals surface area contributed by atoms with E-state index < -0.39 is 0 Å². The van der Waals surface area contributed by atoms with Crippen LogP contribution in [0.25, 0.3) is 0 Å². The second-order valence-electron chi connectivity index (χ2n) is 5.95. The molecule has 2 N–H and O–H groups in total. The van der Waals surface area contributed by atoms with Gasteiger partial charge < -0.3 is 10.4 Å². The summed E-state index contributed by atoms with van der Waals surface area (Å²) < 4.78 is 0. The van der Waals surface area contributed by atoms with Gasteiger partial charge in [-0.1, -0.05) is 13.8 Å². The molecule has 0 aliphatic heterocycles. The summed E-state index contributed by atoms with van der Waals surface area (Å²) in [5, 5.41) is 12.6. The third-order valence-corrected chi connectivity index (χ3v) is 4.45. The van der Waals surface area contributed by atoms with Crippen LogP contribution in [0.4, 0.5) is 0 Å². The van der Waals surface area contributed by atoms with Gasteiger partial charge in [-0.05, 0) is 19.3 Å². The van der Waals surface area contributed by atoms with E-state index in [2.05, 4.69) is 5.32 Å². The quantitative estimate of drug-likeness (QED) is 0.756. The van der Waals surface area contributed by atoms with Crippen LogP contribution in [0.3, 0.4) is 0 Å². The molecule has 2 rings (SSSR count). The van der Waals surface area contributed by atoms with Gasteiger partial charge >= 0.3 is 0 Å². The van der Waals surface area contributed by atoms with Crippen LogP contribution in [0, 0.1) is 11.3 Å². The van der Waals surface area contributed by atoms with Gasteiger partial charge in [-0.25, -0.2) is 0 Å². The third kappa shape index (κ3) is 2.37. The van der Waals surface area contributed by atoms with Gasteiger partial charge in [0.05, 0.1) is 6.10 Å². The van der Waals surface area contributed by atoms with Crippen LogP contribution in [0.1, 0.15) is 46.0 Å². The Bertz CT molecular complexity index is 328. The fourth-order valence-corrected chi connectivity index (χ4v) is 2.64. The summed E-state index contributed by atoms with van der Waals surface area (Å²) in [7, 11) is 0. The first kappa shape index (κ1) is 12.6. The Balaban J connectivity index is 1.84. The monoisotopic (exact) mass is 239 g/mol. The summed E-state index contributed by atoms with van der Waals surface area (Å²) in [6.45, 7) is 3.94. The van der Waals surface area contributed by atoms with Gasteiger partial charge in [0, 0.05) is 30.2 Å². The number of Topliss-reactive ketones (excluding diaryl/α,β-unsaturated/α-hetero) is 1. The maximum Gasteiger partial charge on any atom is 0.223 e. The molecule has 2 aliphatic carbocycles. The number of hydrogen-bond donors (Lipinski definition) is 2. The number of carbonyl (C=O) groups excluding carboxylic acids is 2. The minimum atomic E-state index is -0.319. The number of rotatable bonds is 2. The highest BCUT2D eigenvalue weighted by Gasteiger charge is 2.48. The summed E-state index contributed by atoms with van der Waals surface area (Å²) in [4.78, 5) is 23.1. The number of nitrogens with one attached hydrogen (secondary N) is 1. The van der Waals surface area contributed by atoms with E-state index in [9.17, 15) is 14.7 Å². The number of amides is 1. The van der Waals surface area contributed by atoms with Crippen molar-refractivity contribution in [3.63, 3.8) is 0 Å². The van der Waals surface area contributed by atoms with Gasteiger partial charge in [-0.2, -0.15) is 0 Å². The number of aliphatic hydroxyl groups excluding tert-OH is 1. The van der Waals surface area contributed by atoms with Crippen LogP contribution in [0.15, 0.2) is 0 Å². The zero-order valence-corrected chi connectivity index (χ0v) is 10.5. The Hall–Kier alpha value is -0.900. The maximum absolute atomic E-state index is 12.0. The first-order valence-corrected chi connectivity index (χ1v) is 6.41. The van der Waals surface area contributed by atoms with E-state index in [1.165, 1.54) is 0 Å². The molecule has 17 heavy (non-hydrogen) atoms. The summed E-state index contributed by atoms with van der Waals surface area (Å²) in [5.41, 5.74) is -0.222. The lowest BCUT2D eigenvalue weighted by Crippen LogP contribution is -2.61. The average molecular weight is 239 g/mol. The van der Waals surface area contributed by atoms with E-state index in [0.717, 1.165) is 0 Å². The fraction of sp³-hybridized carbons (Fsp3) is 0.846. The summed E-state index contributed by atoms with van der Waals surface area (Å²) in [6.07, 6.45) is 2.76. The summed E-state index contributed by atoms with van der Waals surface area (Å²) >= 11 is 0. The Morgan fingerprint density at radius 2 is 1.94 bits per heavy atom. The van der Waals surface area contributed by atoms with Gasteiger partial charge in [-0.3, -0.25) is 9.59 Å². The average Bonchev–Trinajstić information content (AvgIpc) is 2.29. The highest BCUT2D eigenvalue weighted by Crippen LogP contribution is 2.40. The molecule has 0 aromatic heterocycles. The molecule has 1 amide bonds. The molecule has 0 radical (unpaired) electrons. The van der Waals surface area contributed by atoms with Crippen molar-refractivity contribution in [2.24, 2.45) is 11.3 Å². The third-order valence-electron chi connectivity index (χ3n) is 4.45. The molecule has 2 atom stereocenters. The minimum Gasteiger partial charge on any atom is -0.392 e. The van der Waals surface area contributed by atoms with Crippen LogP contribution in [0.5, 0.6) is 0 Å². The predicted molar refractivity (Wildman–Crippen MR) is 63.3 cm³/mol. The van der Waals surface area contributed by atoms with Gasteiger partial charge in [-0.15, -0.1) is 0 Å². The lowest BCUT2D eigenvalue weighted by Gasteiger charge is -2.49. The Labute approximate surface area is 102 Å². The normalized spacial score (nSPS) is 33.0. The van der Waals surface area contributed by atoms with E-state index >= 15 is 0 Å². The van der Waals surface area contributed by atoms with Crippen molar-refractivity contribution in [2.75, 3.05) is 0 Å². The van der Waals surface area contributed by atoms with Gasteiger partial charge in [0.1, 0.15) is 5.78 Å². The molecule has 0 aromatic rings. The van der Waals surface area contributed by atoms with Gasteiger partial charge in [0.15, 0.2) is 0 Å². The van der Waals surface area contributed by atoms with Crippen LogP contribution in [-0.2, 0) is 9.59 Å². The zero-order valence-electron chi connectivity index (χ0n) is 10.5. The second kappa shape index (κ2) is 4.41. The van der Waals surface area contributed by atoms with E-state index in [1.807, 2.05) is 13.8 Å². The van der Waals surface area contributed by atoms with E-state index in [4.69, 9.17) is 0 Å². The number of aliphatic hydroxyl groups is 1. The van der Waals surface area contributed by atoms with E-state index in [-0.39, 0.29) is 35.2 Å². The Morgan fingerprint density at radius 3 is 2.41 bits per heavy atom. The number of ketones is 1. The van der Waals surface area contributed by atoms with Crippen molar-refractivity contribution in [3.05, 3.63) is 0 Å². The highest BCUT2D eigenvalue weighted by atomic mass is 16.3. The molecule has 0 unspecified atom stereocenters. The molecule has 4 nitrogen and oxygen atoms in total. The van der Waals surface area contributed by atoms with Crippen molar-refractivity contribution in [2.45, 2.75) is 58.1 Å². The summed E-state index contributed by atoms with van der Waals surface area (Å²) in [5.74, 6) is 0.317. The number of hydrogen-bond acceptors (Lipinski definition) is 3. The fourth-order valence-electron chi connectivity index (χ4n) is 2.64. The molecule has 0 spiro atoms. The Morgan fingerprint density at radius 1 is 1.35 bits per heavy atom. The van der Waals surface area contributed by atoms with Gasteiger partial charge in [0.2, 0.25) is 5.91 Å². The molecule has 0 saturated heterocycles. The molecule has 0 aromatic carbocycles. The van der Waals surface area contributed by atoms with Crippen molar-refractivity contribution in [1.82, 2.24) is 5.32 Å². The lowest BCUT2D eigenvalue weighted by atomic mass is 9.64. The first-order valence-electron chi connectivity index (χ1n) is 6.41. The zero-order chi connectivity index (χ0) is 12.6. The molecule has 2 aliphatic rings. The predicted octanol–water partition coefficient (Wildman–Crippen LogP) is 1.02. The standard InChI is InChI=1S/C13H21NO3/c1-13(2)10(7-11(13)16)14-12(17)8-3-5-9(15)6-4-8/h8,10-11,16H,3-7H2,1-2H3,(H,14,17)/t10-,11-/m1/s1. The lowest BCUT2D eigenvalue weighted by molar-refractivity contribution is -0.135. The molecule has 0 bridgehead atoms. The maximum atomic E-state index is 12.0. The summed E-state index contributed by atoms with van der Waals surface area (Å²) in [6, 6.07) is 0.0719. The molecule has 0 heterocycles. The Kier molecular flexibility index (Phi) is 3.25. The first-order chi connectivity index (χ1) is 7.91. The molecular formula is C13H21NO3. The second-order valence-corrected chi connectivity index (χ2v) is 5.95. The van der Waals surface area contributed by atoms with Crippen LogP contribution in [-0.4, -0.2) is 28.9 Å². The minimum absolute atomic E-state index is 0.0127. The topological polar surface area (TPSA) is 66.4 Å². The highest BCUT2D eigenvalue weighted by molar-refractivity contribution is 5.84. The van der Waals surface area contributed by atoms with Crippen molar-refractivity contribution in [1.29, 1.82) is 0 Å². The van der Waals surface area contributed by atoms with Crippen LogP contribution in [0.2, 0.25) is 0 Å². The molecular weight excluding hydrogens is 218 g/mol. The van der Waals surface area contributed by atoms with Crippen molar-refractivity contribution in [3.8, 4) is 0 Å². The van der Waals surface area contributed by atoms with Crippen LogP contribution >= 0.6 is 0 Å². The number of carbonyl (C=O) groups is 2. The molecule has 2 saturated carbocycles. The van der Waals surface area contributed by atoms with Crippen LogP contribution < -0.4 is 5.32 Å². The molecule has 2 fully saturated rings. The largest absolute Gasteiger partial charge is 0.392 e. The molecule has 4 heteroatoms. The smallest absolute Gasteiger partial charge is 0.223 e. The van der Waals surface area contributed by atoms with Gasteiger partial charge in [0.25, 0.3) is 0 Å². The SMILES string of the molecule is CC1(C)[C@H](O)C[C@H]1NC(=O)C1CCC(=O)CC1. The van der Waals surface area contributed by atoms with E-state index in [0.29, 0.717) is 32.1 Å². The van der Waals surface area contributed by atoms with Crippen molar-refractivity contribution >= 4 is 11.7 Å². The van der Waals surface area contributed by atoms with Crippen molar-refractivity contribution < 1.29 is 14.7 Å². The van der Waals surface area contributed by atoms with E-state index in [1.54, 1.807) is 0 Å². The molecule has 96 valence electrons.